The predicted molar refractivity (Wildman–Crippen MR) is 142 cm³/mol. The third-order valence-corrected chi connectivity index (χ3v) is 5.94. The van der Waals surface area contributed by atoms with Gasteiger partial charge in [-0.25, -0.2) is 9.50 Å². The lowest BCUT2D eigenvalue weighted by atomic mass is 10.1. The van der Waals surface area contributed by atoms with Crippen molar-refractivity contribution >= 4 is 55.9 Å². The van der Waals surface area contributed by atoms with Crippen LogP contribution in [0.2, 0.25) is 5.02 Å². The smallest absolute Gasteiger partial charge is 0.284 e. The fraction of sp³-hybridized carbons (Fsp3) is 0.182. The number of hydrogen-bond donors (Lipinski definition) is 1. The molecule has 1 aliphatic heterocycles. The SMILES string of the molecule is N#Cc1cnc(N)nc1N1C[C@@H](C#N)C[C@H]1c1nn2ccc(Cl)c2c(=O)n1-c1ccccc1.S.S. The molecule has 0 spiro atoms. The van der Waals surface area contributed by atoms with E-state index in [4.69, 9.17) is 22.4 Å². The molecule has 35 heavy (non-hydrogen) atoms. The summed E-state index contributed by atoms with van der Waals surface area (Å²) in [6, 6.07) is 14.5. The summed E-state index contributed by atoms with van der Waals surface area (Å²) in [7, 11) is 0. The van der Waals surface area contributed by atoms with E-state index in [-0.39, 0.29) is 60.5 Å². The van der Waals surface area contributed by atoms with Crippen LogP contribution in [-0.4, -0.2) is 30.7 Å². The number of nitrogens with two attached hydrogens (primary N) is 1. The highest BCUT2D eigenvalue weighted by molar-refractivity contribution is 7.59. The van der Waals surface area contributed by atoms with Crippen molar-refractivity contribution in [3.8, 4) is 17.8 Å². The zero-order chi connectivity index (χ0) is 23.1. The van der Waals surface area contributed by atoms with Gasteiger partial charge >= 0.3 is 0 Å². The first-order chi connectivity index (χ1) is 16.0. The molecule has 0 unspecified atom stereocenters. The second-order valence-electron chi connectivity index (χ2n) is 7.60. The van der Waals surface area contributed by atoms with Crippen LogP contribution in [0.15, 0.2) is 53.6 Å². The van der Waals surface area contributed by atoms with E-state index >= 15 is 0 Å². The maximum absolute atomic E-state index is 13.6. The van der Waals surface area contributed by atoms with Gasteiger partial charge in [-0.3, -0.25) is 9.36 Å². The maximum atomic E-state index is 13.6. The Hall–Kier alpha value is -3.71. The highest BCUT2D eigenvalue weighted by Gasteiger charge is 2.39. The Labute approximate surface area is 219 Å². The Bertz CT molecular complexity index is 1520. The Morgan fingerprint density at radius 2 is 1.89 bits per heavy atom. The third-order valence-electron chi connectivity index (χ3n) is 5.64. The summed E-state index contributed by atoms with van der Waals surface area (Å²) in [6.07, 6.45) is 3.34. The molecule has 0 aliphatic carbocycles. The zero-order valence-corrected chi connectivity index (χ0v) is 20.9. The van der Waals surface area contributed by atoms with Gasteiger partial charge in [0, 0.05) is 12.7 Å². The lowest BCUT2D eigenvalue weighted by molar-refractivity contribution is 0.587. The average Bonchev–Trinajstić information content (AvgIpc) is 3.43. The van der Waals surface area contributed by atoms with Crippen LogP contribution in [0, 0.1) is 28.6 Å². The van der Waals surface area contributed by atoms with E-state index in [1.54, 1.807) is 29.3 Å². The molecule has 4 aromatic rings. The standard InChI is InChI=1S/C22H16ClN9O.2H2S/c23-16-6-7-31-18(16)21(33)32(15-4-2-1-3-5-15)20(29-31)17-8-13(9-24)12-30(17)19-14(10-25)11-27-22(26)28-19;;/h1-7,11,13,17H,8,12H2,(H2,26,27,28);2*1H2/t13-,17+;;/m1../s1. The van der Waals surface area contributed by atoms with E-state index in [9.17, 15) is 15.3 Å². The monoisotopic (exact) mass is 525 g/mol. The van der Waals surface area contributed by atoms with E-state index in [1.807, 2.05) is 18.2 Å². The number of hydrogen-bond acceptors (Lipinski definition) is 8. The number of benzene rings is 1. The molecule has 5 rings (SSSR count). The number of fused-ring (bicyclic) bond motifs is 1. The van der Waals surface area contributed by atoms with Crippen LogP contribution in [0.25, 0.3) is 11.2 Å². The van der Waals surface area contributed by atoms with Crippen LogP contribution in [-0.2, 0) is 0 Å². The van der Waals surface area contributed by atoms with Gasteiger partial charge in [0.25, 0.3) is 5.56 Å². The summed E-state index contributed by atoms with van der Waals surface area (Å²) in [6.45, 7) is 0.293. The van der Waals surface area contributed by atoms with Gasteiger partial charge in [-0.05, 0) is 24.6 Å². The molecule has 4 heterocycles. The molecular weight excluding hydrogens is 506 g/mol. The number of rotatable bonds is 3. The van der Waals surface area contributed by atoms with E-state index in [1.165, 1.54) is 15.3 Å². The topological polar surface area (TPSA) is 142 Å². The van der Waals surface area contributed by atoms with Crippen molar-refractivity contribution in [2.45, 2.75) is 12.5 Å². The molecule has 13 heteroatoms. The van der Waals surface area contributed by atoms with Crippen LogP contribution >= 0.6 is 38.6 Å². The first kappa shape index (κ1) is 25.9. The van der Waals surface area contributed by atoms with Crippen molar-refractivity contribution in [1.29, 1.82) is 10.5 Å². The van der Waals surface area contributed by atoms with Gasteiger partial charge in [-0.2, -0.15) is 47.6 Å². The number of nitrogens with zero attached hydrogens (tertiary/aromatic N) is 8. The number of aromatic nitrogens is 5. The second kappa shape index (κ2) is 10.3. The summed E-state index contributed by atoms with van der Waals surface area (Å²) >= 11 is 6.28. The van der Waals surface area contributed by atoms with Crippen molar-refractivity contribution in [2.24, 2.45) is 5.92 Å². The van der Waals surface area contributed by atoms with E-state index in [2.05, 4.69) is 22.1 Å². The Morgan fingerprint density at radius 1 is 1.14 bits per heavy atom. The number of nitrogen functional groups attached to an aromatic ring is 1. The molecule has 0 radical (unpaired) electrons. The molecule has 178 valence electrons. The van der Waals surface area contributed by atoms with Gasteiger partial charge < -0.3 is 10.6 Å². The van der Waals surface area contributed by atoms with Crippen LogP contribution in [0.5, 0.6) is 0 Å². The minimum absolute atomic E-state index is 0. The van der Waals surface area contributed by atoms with Gasteiger partial charge in [0.2, 0.25) is 5.95 Å². The minimum Gasteiger partial charge on any atom is -0.368 e. The van der Waals surface area contributed by atoms with Gasteiger partial charge in [-0.15, -0.1) is 0 Å². The van der Waals surface area contributed by atoms with Gasteiger partial charge in [0.15, 0.2) is 11.6 Å². The molecule has 1 aliphatic rings. The number of halogens is 1. The van der Waals surface area contributed by atoms with E-state index < -0.39 is 6.04 Å². The number of anilines is 2. The first-order valence-electron chi connectivity index (χ1n) is 10.1. The van der Waals surface area contributed by atoms with Crippen molar-refractivity contribution in [1.82, 2.24) is 24.1 Å². The van der Waals surface area contributed by atoms with Crippen LogP contribution in [0.3, 0.4) is 0 Å². The van der Waals surface area contributed by atoms with E-state index in [0.29, 0.717) is 30.3 Å². The second-order valence-corrected chi connectivity index (χ2v) is 8.01. The van der Waals surface area contributed by atoms with Crippen molar-refractivity contribution in [3.05, 3.63) is 75.6 Å². The average molecular weight is 526 g/mol. The summed E-state index contributed by atoms with van der Waals surface area (Å²) in [4.78, 5) is 23.6. The largest absolute Gasteiger partial charge is 0.368 e. The molecule has 0 saturated carbocycles. The molecule has 3 aromatic heterocycles. The predicted octanol–water partition coefficient (Wildman–Crippen LogP) is 2.70. The Kier molecular flexibility index (Phi) is 7.60. The highest BCUT2D eigenvalue weighted by atomic mass is 35.5. The minimum atomic E-state index is -0.533. The molecule has 2 N–H and O–H groups in total. The van der Waals surface area contributed by atoms with Gasteiger partial charge in [0.05, 0.1) is 34.9 Å². The van der Waals surface area contributed by atoms with Crippen molar-refractivity contribution in [3.63, 3.8) is 0 Å². The highest BCUT2D eigenvalue weighted by Crippen LogP contribution is 2.39. The van der Waals surface area contributed by atoms with Crippen LogP contribution in [0.4, 0.5) is 11.8 Å². The quantitative estimate of drug-likeness (QED) is 0.430. The summed E-state index contributed by atoms with van der Waals surface area (Å²) in [5, 5.41) is 24.3. The summed E-state index contributed by atoms with van der Waals surface area (Å²) < 4.78 is 2.94. The maximum Gasteiger partial charge on any atom is 0.284 e. The molecule has 0 amide bonds. The molecule has 1 aromatic carbocycles. The molecule has 10 nitrogen and oxygen atoms in total. The zero-order valence-electron chi connectivity index (χ0n) is 18.1. The van der Waals surface area contributed by atoms with Crippen molar-refractivity contribution < 1.29 is 0 Å². The molecular formula is C22H20ClN9OS2. The molecule has 0 bridgehead atoms. The van der Waals surface area contributed by atoms with Crippen LogP contribution in [0.1, 0.15) is 23.9 Å². The Balaban J connectivity index is 0.00000171. The van der Waals surface area contributed by atoms with E-state index in [0.717, 1.165) is 0 Å². The fourth-order valence-corrected chi connectivity index (χ4v) is 4.41. The molecule has 1 saturated heterocycles. The fourth-order valence-electron chi connectivity index (χ4n) is 4.18. The first-order valence-corrected chi connectivity index (χ1v) is 10.4. The van der Waals surface area contributed by atoms with Crippen LogP contribution < -0.4 is 16.2 Å². The number of nitriles is 2. The van der Waals surface area contributed by atoms with Gasteiger partial charge in [-0.1, -0.05) is 29.8 Å². The molecule has 2 atom stereocenters. The lowest BCUT2D eigenvalue weighted by Gasteiger charge is -2.27. The summed E-state index contributed by atoms with van der Waals surface area (Å²) in [5.41, 5.74) is 6.53. The number of para-hydroxylation sites is 1. The lowest BCUT2D eigenvalue weighted by Crippen LogP contribution is -2.33. The van der Waals surface area contributed by atoms with Crippen molar-refractivity contribution in [2.75, 3.05) is 17.2 Å². The summed E-state index contributed by atoms with van der Waals surface area (Å²) in [5.74, 6) is 0.323. The Morgan fingerprint density at radius 3 is 2.57 bits per heavy atom. The molecule has 1 fully saturated rings. The van der Waals surface area contributed by atoms with Gasteiger partial charge in [0.1, 0.15) is 17.1 Å². The third kappa shape index (κ3) is 4.39. The normalized spacial score (nSPS) is 16.7.